The van der Waals surface area contributed by atoms with E-state index in [2.05, 4.69) is 44.8 Å². The van der Waals surface area contributed by atoms with E-state index in [-0.39, 0.29) is 0 Å². The molecule has 0 atom stereocenters. The molecule has 128 valence electrons. The Morgan fingerprint density at radius 1 is 1.04 bits per heavy atom. The molecule has 1 aliphatic rings. The van der Waals surface area contributed by atoms with Crippen LogP contribution in [0.2, 0.25) is 0 Å². The number of para-hydroxylation sites is 2. The average molecular weight is 332 g/mol. The van der Waals surface area contributed by atoms with Crippen molar-refractivity contribution >= 4 is 22.7 Å². The molecule has 0 saturated heterocycles. The average Bonchev–Trinajstić information content (AvgIpc) is 3.10. The van der Waals surface area contributed by atoms with Crippen molar-refractivity contribution in [1.29, 1.82) is 0 Å². The molecular weight excluding hydrogens is 308 g/mol. The molecular formula is C21H24N4. The van der Waals surface area contributed by atoms with E-state index in [4.69, 9.17) is 0 Å². The van der Waals surface area contributed by atoms with E-state index in [1.54, 1.807) is 0 Å². The van der Waals surface area contributed by atoms with Gasteiger partial charge in [-0.3, -0.25) is 0 Å². The molecule has 0 unspecified atom stereocenters. The summed E-state index contributed by atoms with van der Waals surface area (Å²) in [7, 11) is 0. The number of benzene rings is 2. The van der Waals surface area contributed by atoms with Crippen molar-refractivity contribution in [2.75, 3.05) is 5.43 Å². The second kappa shape index (κ2) is 7.09. The highest BCUT2D eigenvalue weighted by atomic mass is 15.4. The summed E-state index contributed by atoms with van der Waals surface area (Å²) in [6.07, 6.45) is 6.80. The second-order valence-corrected chi connectivity index (χ2v) is 6.87. The molecule has 1 saturated carbocycles. The standard InChI is InChI=1S/C21H24N4/c1-15(24-25-21-22-19-9-5-6-10-20(19)23-21)16-11-13-18(14-12-16)17-7-3-2-4-8-17/h5-6,9-14,17H,2-4,7-8H2,1H3,(H2,22,23,25)/b24-15-. The van der Waals surface area contributed by atoms with Crippen molar-refractivity contribution in [2.45, 2.75) is 44.9 Å². The zero-order chi connectivity index (χ0) is 17.1. The highest BCUT2D eigenvalue weighted by Crippen LogP contribution is 2.32. The van der Waals surface area contributed by atoms with Crippen LogP contribution < -0.4 is 5.43 Å². The van der Waals surface area contributed by atoms with Gasteiger partial charge in [0.25, 0.3) is 0 Å². The fourth-order valence-electron chi connectivity index (χ4n) is 3.64. The van der Waals surface area contributed by atoms with Crippen LogP contribution in [-0.2, 0) is 0 Å². The summed E-state index contributed by atoms with van der Waals surface area (Å²) in [5.41, 5.74) is 8.55. The molecule has 2 N–H and O–H groups in total. The maximum Gasteiger partial charge on any atom is 0.222 e. The van der Waals surface area contributed by atoms with E-state index in [0.29, 0.717) is 5.95 Å². The first-order chi connectivity index (χ1) is 12.3. The highest BCUT2D eigenvalue weighted by molar-refractivity contribution is 5.99. The van der Waals surface area contributed by atoms with Gasteiger partial charge in [0.15, 0.2) is 0 Å². The van der Waals surface area contributed by atoms with Gasteiger partial charge in [-0.2, -0.15) is 5.10 Å². The largest absolute Gasteiger partial charge is 0.323 e. The summed E-state index contributed by atoms with van der Waals surface area (Å²) in [6, 6.07) is 16.9. The van der Waals surface area contributed by atoms with Gasteiger partial charge in [0, 0.05) is 0 Å². The topological polar surface area (TPSA) is 53.1 Å². The van der Waals surface area contributed by atoms with E-state index in [9.17, 15) is 0 Å². The van der Waals surface area contributed by atoms with E-state index < -0.39 is 0 Å². The zero-order valence-corrected chi connectivity index (χ0v) is 14.6. The Bertz CT molecular complexity index is 837. The molecule has 1 heterocycles. The maximum atomic E-state index is 4.48. The summed E-state index contributed by atoms with van der Waals surface area (Å²) in [5.74, 6) is 1.41. The number of imidazole rings is 1. The van der Waals surface area contributed by atoms with Crippen LogP contribution in [0.1, 0.15) is 56.1 Å². The van der Waals surface area contributed by atoms with Gasteiger partial charge in [-0.05, 0) is 48.9 Å². The van der Waals surface area contributed by atoms with Gasteiger partial charge in [-0.25, -0.2) is 10.4 Å². The number of aromatic nitrogens is 2. The Morgan fingerprint density at radius 3 is 2.56 bits per heavy atom. The third-order valence-corrected chi connectivity index (χ3v) is 5.12. The Kier molecular flexibility index (Phi) is 4.51. The first-order valence-corrected chi connectivity index (χ1v) is 9.15. The van der Waals surface area contributed by atoms with Gasteiger partial charge >= 0.3 is 0 Å². The third-order valence-electron chi connectivity index (χ3n) is 5.12. The first-order valence-electron chi connectivity index (χ1n) is 9.15. The molecule has 1 fully saturated rings. The molecule has 1 aromatic heterocycles. The summed E-state index contributed by atoms with van der Waals surface area (Å²) in [5, 5.41) is 4.47. The number of nitrogens with one attached hydrogen (secondary N) is 2. The molecule has 4 rings (SSSR count). The fourth-order valence-corrected chi connectivity index (χ4v) is 3.64. The zero-order valence-electron chi connectivity index (χ0n) is 14.6. The van der Waals surface area contributed by atoms with Crippen molar-refractivity contribution in [3.63, 3.8) is 0 Å². The fraction of sp³-hybridized carbons (Fsp3) is 0.333. The van der Waals surface area contributed by atoms with E-state index in [0.717, 1.165) is 28.2 Å². The van der Waals surface area contributed by atoms with Gasteiger partial charge in [-0.1, -0.05) is 55.7 Å². The van der Waals surface area contributed by atoms with Crippen molar-refractivity contribution in [3.05, 3.63) is 59.7 Å². The number of rotatable bonds is 4. The highest BCUT2D eigenvalue weighted by Gasteiger charge is 2.15. The minimum absolute atomic E-state index is 0.666. The normalized spacial score (nSPS) is 16.3. The van der Waals surface area contributed by atoms with Crippen LogP contribution in [0.15, 0.2) is 53.6 Å². The van der Waals surface area contributed by atoms with Gasteiger partial charge in [0.05, 0.1) is 16.7 Å². The van der Waals surface area contributed by atoms with E-state index >= 15 is 0 Å². The molecule has 4 nitrogen and oxygen atoms in total. The smallest absolute Gasteiger partial charge is 0.222 e. The molecule has 0 amide bonds. The molecule has 4 heteroatoms. The van der Waals surface area contributed by atoms with Crippen molar-refractivity contribution in [2.24, 2.45) is 5.10 Å². The lowest BCUT2D eigenvalue weighted by Gasteiger charge is -2.22. The van der Waals surface area contributed by atoms with Crippen LogP contribution in [-0.4, -0.2) is 15.7 Å². The number of nitrogens with zero attached hydrogens (tertiary/aromatic N) is 2. The Morgan fingerprint density at radius 2 is 1.80 bits per heavy atom. The van der Waals surface area contributed by atoms with Gasteiger partial charge in [0.1, 0.15) is 0 Å². The molecule has 25 heavy (non-hydrogen) atoms. The predicted octanol–water partition coefficient (Wildman–Crippen LogP) is 5.45. The quantitative estimate of drug-likeness (QED) is 0.493. The van der Waals surface area contributed by atoms with Gasteiger partial charge in [0.2, 0.25) is 5.95 Å². The Hall–Kier alpha value is -2.62. The third kappa shape index (κ3) is 3.58. The van der Waals surface area contributed by atoms with Crippen LogP contribution in [0.25, 0.3) is 11.0 Å². The number of H-pyrrole nitrogens is 1. The number of hydrazone groups is 1. The number of hydrogen-bond acceptors (Lipinski definition) is 3. The first kappa shape index (κ1) is 15.9. The van der Waals surface area contributed by atoms with Crippen LogP contribution in [0.4, 0.5) is 5.95 Å². The van der Waals surface area contributed by atoms with Crippen molar-refractivity contribution in [3.8, 4) is 0 Å². The summed E-state index contributed by atoms with van der Waals surface area (Å²) in [6.45, 7) is 2.02. The number of anilines is 1. The maximum absolute atomic E-state index is 4.48. The Labute approximate surface area is 148 Å². The SMILES string of the molecule is C/C(=N/Nc1nc2ccccc2[nH]1)c1ccc(C2CCCCC2)cc1. The number of hydrogen-bond donors (Lipinski definition) is 2. The summed E-state index contributed by atoms with van der Waals surface area (Å²) < 4.78 is 0. The van der Waals surface area contributed by atoms with Gasteiger partial charge in [-0.15, -0.1) is 0 Å². The van der Waals surface area contributed by atoms with Crippen LogP contribution >= 0.6 is 0 Å². The predicted molar refractivity (Wildman–Crippen MR) is 104 cm³/mol. The van der Waals surface area contributed by atoms with Gasteiger partial charge < -0.3 is 4.98 Å². The lowest BCUT2D eigenvalue weighted by molar-refractivity contribution is 0.443. The minimum Gasteiger partial charge on any atom is -0.323 e. The van der Waals surface area contributed by atoms with Crippen LogP contribution in [0.5, 0.6) is 0 Å². The lowest BCUT2D eigenvalue weighted by Crippen LogP contribution is -2.05. The van der Waals surface area contributed by atoms with E-state index in [1.807, 2.05) is 31.2 Å². The molecule has 1 aliphatic carbocycles. The molecule has 2 aromatic carbocycles. The summed E-state index contributed by atoms with van der Waals surface area (Å²) >= 11 is 0. The van der Waals surface area contributed by atoms with Crippen LogP contribution in [0, 0.1) is 0 Å². The Balaban J connectivity index is 1.45. The number of aromatic amines is 1. The van der Waals surface area contributed by atoms with Crippen molar-refractivity contribution in [1.82, 2.24) is 9.97 Å². The number of fused-ring (bicyclic) bond motifs is 1. The second-order valence-electron chi connectivity index (χ2n) is 6.87. The van der Waals surface area contributed by atoms with E-state index in [1.165, 1.54) is 37.7 Å². The lowest BCUT2D eigenvalue weighted by atomic mass is 9.84. The molecule has 3 aromatic rings. The minimum atomic E-state index is 0.666. The van der Waals surface area contributed by atoms with Crippen molar-refractivity contribution < 1.29 is 0 Å². The van der Waals surface area contributed by atoms with Crippen LogP contribution in [0.3, 0.4) is 0 Å². The molecule has 0 bridgehead atoms. The monoisotopic (exact) mass is 332 g/mol. The molecule has 0 spiro atoms. The molecule has 0 aliphatic heterocycles. The summed E-state index contributed by atoms with van der Waals surface area (Å²) in [4.78, 5) is 7.71. The molecule has 0 radical (unpaired) electrons.